The minimum Gasteiger partial charge on any atom is -0.478 e. The SMILES string of the molecule is CC(=O)C(Br)c1ccc(CBr)cc1C(=O)O. The number of aromatic carboxylic acids is 1. The normalized spacial score (nSPS) is 12.2. The average Bonchev–Trinajstić information content (AvgIpc) is 2.26. The summed E-state index contributed by atoms with van der Waals surface area (Å²) in [4.78, 5) is 21.7. The first kappa shape index (κ1) is 13.4. The summed E-state index contributed by atoms with van der Waals surface area (Å²) in [6, 6.07) is 5.04. The van der Waals surface area contributed by atoms with Gasteiger partial charge in [-0.25, -0.2) is 4.79 Å². The quantitative estimate of drug-likeness (QED) is 0.848. The van der Waals surface area contributed by atoms with Gasteiger partial charge in [0, 0.05) is 5.33 Å². The van der Waals surface area contributed by atoms with Crippen molar-refractivity contribution in [3.63, 3.8) is 0 Å². The maximum absolute atomic E-state index is 11.2. The van der Waals surface area contributed by atoms with Gasteiger partial charge in [-0.15, -0.1) is 0 Å². The van der Waals surface area contributed by atoms with Crippen molar-refractivity contribution in [2.75, 3.05) is 0 Å². The summed E-state index contributed by atoms with van der Waals surface area (Å²) in [5, 5.41) is 9.65. The van der Waals surface area contributed by atoms with E-state index in [9.17, 15) is 9.59 Å². The maximum Gasteiger partial charge on any atom is 0.336 e. The van der Waals surface area contributed by atoms with Gasteiger partial charge in [0.05, 0.1) is 10.4 Å². The van der Waals surface area contributed by atoms with Crippen molar-refractivity contribution in [1.29, 1.82) is 0 Å². The second kappa shape index (κ2) is 5.59. The molecule has 0 aliphatic rings. The molecule has 0 aromatic heterocycles. The van der Waals surface area contributed by atoms with Crippen molar-refractivity contribution < 1.29 is 14.7 Å². The molecule has 1 unspecified atom stereocenters. The van der Waals surface area contributed by atoms with Gasteiger partial charge in [-0.3, -0.25) is 4.79 Å². The van der Waals surface area contributed by atoms with E-state index in [0.717, 1.165) is 5.56 Å². The van der Waals surface area contributed by atoms with Crippen molar-refractivity contribution in [3.05, 3.63) is 34.9 Å². The molecule has 5 heteroatoms. The lowest BCUT2D eigenvalue weighted by Gasteiger charge is -2.11. The standard InChI is InChI=1S/C11H10Br2O3/c1-6(14)10(13)8-3-2-7(5-12)4-9(8)11(15)16/h2-4,10H,5H2,1H3,(H,15,16). The summed E-state index contributed by atoms with van der Waals surface area (Å²) in [5.74, 6) is -1.14. The summed E-state index contributed by atoms with van der Waals surface area (Å²) >= 11 is 6.45. The zero-order chi connectivity index (χ0) is 12.3. The van der Waals surface area contributed by atoms with Crippen molar-refractivity contribution in [1.82, 2.24) is 0 Å². The van der Waals surface area contributed by atoms with E-state index in [1.807, 2.05) is 0 Å². The van der Waals surface area contributed by atoms with E-state index in [1.165, 1.54) is 6.92 Å². The predicted molar refractivity (Wildman–Crippen MR) is 68.4 cm³/mol. The first-order valence-corrected chi connectivity index (χ1v) is 6.57. The molecular weight excluding hydrogens is 340 g/mol. The van der Waals surface area contributed by atoms with Gasteiger partial charge in [-0.1, -0.05) is 44.0 Å². The van der Waals surface area contributed by atoms with Gasteiger partial charge in [0.15, 0.2) is 0 Å². The number of carbonyl (C=O) groups is 2. The number of alkyl halides is 2. The molecule has 16 heavy (non-hydrogen) atoms. The molecule has 0 spiro atoms. The largest absolute Gasteiger partial charge is 0.478 e. The fourth-order valence-electron chi connectivity index (χ4n) is 1.31. The molecule has 1 atom stereocenters. The fraction of sp³-hybridized carbons (Fsp3) is 0.273. The van der Waals surface area contributed by atoms with E-state index in [4.69, 9.17) is 5.11 Å². The number of carboxylic acid groups (broad SMARTS) is 1. The summed E-state index contributed by atoms with van der Waals surface area (Å²) < 4.78 is 0. The van der Waals surface area contributed by atoms with E-state index < -0.39 is 10.8 Å². The van der Waals surface area contributed by atoms with Crippen LogP contribution in [0.3, 0.4) is 0 Å². The number of hydrogen-bond donors (Lipinski definition) is 1. The highest BCUT2D eigenvalue weighted by Crippen LogP contribution is 2.28. The van der Waals surface area contributed by atoms with Crippen LogP contribution in [0.5, 0.6) is 0 Å². The number of Topliss-reactive ketones (excluding diaryl/α,β-unsaturated/α-hetero) is 1. The predicted octanol–water partition coefficient (Wildman–Crippen LogP) is 3.30. The number of hydrogen-bond acceptors (Lipinski definition) is 2. The smallest absolute Gasteiger partial charge is 0.336 e. The number of rotatable bonds is 4. The summed E-state index contributed by atoms with van der Waals surface area (Å²) in [6.07, 6.45) is 0. The van der Waals surface area contributed by atoms with E-state index in [2.05, 4.69) is 31.9 Å². The van der Waals surface area contributed by atoms with Crippen molar-refractivity contribution >= 4 is 43.6 Å². The number of carbonyl (C=O) groups excluding carboxylic acids is 1. The molecule has 0 aliphatic heterocycles. The topological polar surface area (TPSA) is 54.4 Å². The highest BCUT2D eigenvalue weighted by molar-refractivity contribution is 9.09. The van der Waals surface area contributed by atoms with Gasteiger partial charge < -0.3 is 5.11 Å². The lowest BCUT2D eigenvalue weighted by Crippen LogP contribution is -2.09. The van der Waals surface area contributed by atoms with Gasteiger partial charge in [-0.2, -0.15) is 0 Å². The monoisotopic (exact) mass is 348 g/mol. The Balaban J connectivity index is 3.28. The first-order valence-electron chi connectivity index (χ1n) is 4.54. The van der Waals surface area contributed by atoms with Gasteiger partial charge in [-0.05, 0) is 24.1 Å². The van der Waals surface area contributed by atoms with Crippen LogP contribution in [0.2, 0.25) is 0 Å². The van der Waals surface area contributed by atoms with Crippen molar-refractivity contribution in [2.45, 2.75) is 17.1 Å². The molecule has 0 amide bonds. The Bertz CT molecular complexity index is 429. The van der Waals surface area contributed by atoms with Gasteiger partial charge in [0.2, 0.25) is 0 Å². The Kier molecular flexibility index (Phi) is 4.68. The van der Waals surface area contributed by atoms with Crippen LogP contribution in [0.1, 0.15) is 33.2 Å². The maximum atomic E-state index is 11.2. The molecule has 1 rings (SSSR count). The highest BCUT2D eigenvalue weighted by Gasteiger charge is 2.20. The minimum atomic E-state index is -1.02. The van der Waals surface area contributed by atoms with Crippen LogP contribution in [0.15, 0.2) is 18.2 Å². The molecule has 0 fully saturated rings. The van der Waals surface area contributed by atoms with Crippen molar-refractivity contribution in [2.24, 2.45) is 0 Å². The fourth-order valence-corrected chi connectivity index (χ4v) is 2.06. The number of benzene rings is 1. The Morgan fingerprint density at radius 2 is 2.06 bits per heavy atom. The molecule has 0 saturated heterocycles. The van der Waals surface area contributed by atoms with Gasteiger partial charge in [0.1, 0.15) is 5.78 Å². The molecular formula is C11H10Br2O3. The third-order valence-electron chi connectivity index (χ3n) is 2.13. The molecule has 0 bridgehead atoms. The molecule has 0 radical (unpaired) electrons. The van der Waals surface area contributed by atoms with E-state index in [-0.39, 0.29) is 11.3 Å². The highest BCUT2D eigenvalue weighted by atomic mass is 79.9. The van der Waals surface area contributed by atoms with Gasteiger partial charge in [0.25, 0.3) is 0 Å². The van der Waals surface area contributed by atoms with E-state index in [0.29, 0.717) is 10.9 Å². The second-order valence-corrected chi connectivity index (χ2v) is 4.81. The molecule has 0 aliphatic carbocycles. The summed E-state index contributed by atoms with van der Waals surface area (Å²) in [7, 11) is 0. The average molecular weight is 350 g/mol. The van der Waals surface area contributed by atoms with Crippen LogP contribution in [0, 0.1) is 0 Å². The number of carboxylic acids is 1. The van der Waals surface area contributed by atoms with Gasteiger partial charge >= 0.3 is 5.97 Å². The van der Waals surface area contributed by atoms with Crippen LogP contribution in [0.4, 0.5) is 0 Å². The van der Waals surface area contributed by atoms with Crippen LogP contribution < -0.4 is 0 Å². The molecule has 1 N–H and O–H groups in total. The molecule has 86 valence electrons. The molecule has 3 nitrogen and oxygen atoms in total. The van der Waals surface area contributed by atoms with Crippen molar-refractivity contribution in [3.8, 4) is 0 Å². The second-order valence-electron chi connectivity index (χ2n) is 3.33. The lowest BCUT2D eigenvalue weighted by atomic mass is 10.0. The minimum absolute atomic E-state index is 0.117. The Hall–Kier alpha value is -0.680. The molecule has 0 saturated carbocycles. The Morgan fingerprint density at radius 3 is 2.50 bits per heavy atom. The van der Waals surface area contributed by atoms with Crippen LogP contribution in [-0.4, -0.2) is 16.9 Å². The number of ketones is 1. The summed E-state index contributed by atoms with van der Waals surface area (Å²) in [6.45, 7) is 1.42. The zero-order valence-electron chi connectivity index (χ0n) is 8.54. The third-order valence-corrected chi connectivity index (χ3v) is 3.92. The van der Waals surface area contributed by atoms with Crippen LogP contribution >= 0.6 is 31.9 Å². The summed E-state index contributed by atoms with van der Waals surface area (Å²) in [5.41, 5.74) is 1.52. The Labute approximate surface area is 110 Å². The Morgan fingerprint density at radius 1 is 1.44 bits per heavy atom. The lowest BCUT2D eigenvalue weighted by molar-refractivity contribution is -0.116. The van der Waals surface area contributed by atoms with E-state index in [1.54, 1.807) is 18.2 Å². The zero-order valence-corrected chi connectivity index (χ0v) is 11.7. The molecule has 1 aromatic rings. The van der Waals surface area contributed by atoms with Crippen LogP contribution in [0.25, 0.3) is 0 Å². The molecule has 1 aromatic carbocycles. The third kappa shape index (κ3) is 2.92. The van der Waals surface area contributed by atoms with E-state index >= 15 is 0 Å². The number of halogens is 2. The first-order chi connectivity index (χ1) is 7.47. The van der Waals surface area contributed by atoms with Crippen LogP contribution in [-0.2, 0) is 10.1 Å². The molecule has 0 heterocycles.